The van der Waals surface area contributed by atoms with Crippen LogP contribution in [0, 0.1) is 12.7 Å². The Labute approximate surface area is 120 Å². The molecule has 6 heteroatoms. The molecule has 1 aromatic carbocycles. The number of hydrogen-bond donors (Lipinski definition) is 1. The van der Waals surface area contributed by atoms with E-state index in [1.807, 2.05) is 6.92 Å². The third-order valence-corrected chi connectivity index (χ3v) is 3.72. The first-order valence-corrected chi connectivity index (χ1v) is 6.98. The number of nitrogens with one attached hydrogen (secondary N) is 1. The van der Waals surface area contributed by atoms with Crippen LogP contribution in [0.4, 0.5) is 15.9 Å². The third kappa shape index (κ3) is 2.03. The van der Waals surface area contributed by atoms with Crippen molar-refractivity contribution in [2.75, 3.05) is 5.32 Å². The number of anilines is 2. The summed E-state index contributed by atoms with van der Waals surface area (Å²) in [6.07, 6.45) is 3.03. The van der Waals surface area contributed by atoms with Gasteiger partial charge in [-0.25, -0.2) is 9.37 Å². The molecule has 5 nitrogen and oxygen atoms in total. The van der Waals surface area contributed by atoms with Gasteiger partial charge in [0.25, 0.3) is 5.78 Å². The molecular weight excluding hydrogens is 269 g/mol. The van der Waals surface area contributed by atoms with Crippen molar-refractivity contribution < 1.29 is 4.39 Å². The van der Waals surface area contributed by atoms with Crippen LogP contribution < -0.4 is 5.32 Å². The van der Waals surface area contributed by atoms with Gasteiger partial charge in [-0.15, -0.1) is 5.10 Å². The molecule has 1 aliphatic rings. The summed E-state index contributed by atoms with van der Waals surface area (Å²) in [4.78, 5) is 8.93. The van der Waals surface area contributed by atoms with Crippen LogP contribution in [0.3, 0.4) is 0 Å². The highest BCUT2D eigenvalue weighted by Gasteiger charge is 2.21. The number of benzene rings is 1. The van der Waals surface area contributed by atoms with E-state index in [1.54, 1.807) is 16.6 Å². The fraction of sp³-hybridized carbons (Fsp3) is 0.267. The van der Waals surface area contributed by atoms with E-state index in [0.29, 0.717) is 11.6 Å². The Morgan fingerprint density at radius 3 is 2.76 bits per heavy atom. The van der Waals surface area contributed by atoms with Gasteiger partial charge in [-0.3, -0.25) is 0 Å². The second-order valence-corrected chi connectivity index (χ2v) is 5.24. The van der Waals surface area contributed by atoms with Crippen molar-refractivity contribution >= 4 is 17.3 Å². The van der Waals surface area contributed by atoms with E-state index in [1.165, 1.54) is 17.7 Å². The van der Waals surface area contributed by atoms with E-state index >= 15 is 0 Å². The van der Waals surface area contributed by atoms with Gasteiger partial charge >= 0.3 is 0 Å². The third-order valence-electron chi connectivity index (χ3n) is 3.72. The Morgan fingerprint density at radius 2 is 1.95 bits per heavy atom. The lowest BCUT2D eigenvalue weighted by molar-refractivity contribution is 0.628. The van der Waals surface area contributed by atoms with Crippen LogP contribution >= 0.6 is 0 Å². The van der Waals surface area contributed by atoms with E-state index in [4.69, 9.17) is 0 Å². The summed E-state index contributed by atoms with van der Waals surface area (Å²) in [5, 5.41) is 7.75. The maximum Gasteiger partial charge on any atom is 0.254 e. The Hall–Kier alpha value is -2.50. The number of aromatic nitrogens is 4. The van der Waals surface area contributed by atoms with Crippen LogP contribution in [0.15, 0.2) is 24.3 Å². The standard InChI is InChI=1S/C15H14FN5/c1-9-17-15-19-13-4-2-3-12(13)14(21(15)20-9)18-11-7-5-10(16)6-8-11/h5-8,18H,2-4H2,1H3. The molecule has 0 saturated carbocycles. The van der Waals surface area contributed by atoms with Crippen molar-refractivity contribution in [3.8, 4) is 0 Å². The largest absolute Gasteiger partial charge is 0.340 e. The van der Waals surface area contributed by atoms with Crippen molar-refractivity contribution in [3.05, 3.63) is 47.2 Å². The topological polar surface area (TPSA) is 55.1 Å². The monoisotopic (exact) mass is 283 g/mol. The Balaban J connectivity index is 1.88. The van der Waals surface area contributed by atoms with Crippen molar-refractivity contribution in [2.45, 2.75) is 26.2 Å². The molecule has 0 aliphatic heterocycles. The van der Waals surface area contributed by atoms with Crippen molar-refractivity contribution in [3.63, 3.8) is 0 Å². The minimum atomic E-state index is -0.248. The lowest BCUT2D eigenvalue weighted by Gasteiger charge is -2.12. The molecule has 3 aromatic rings. The lowest BCUT2D eigenvalue weighted by atomic mass is 10.2. The molecule has 21 heavy (non-hydrogen) atoms. The lowest BCUT2D eigenvalue weighted by Crippen LogP contribution is -2.07. The molecule has 106 valence electrons. The molecule has 2 aromatic heterocycles. The van der Waals surface area contributed by atoms with E-state index < -0.39 is 0 Å². The second-order valence-electron chi connectivity index (χ2n) is 5.24. The van der Waals surface area contributed by atoms with Gasteiger partial charge < -0.3 is 5.32 Å². The summed E-state index contributed by atoms with van der Waals surface area (Å²) in [6, 6.07) is 6.31. The summed E-state index contributed by atoms with van der Waals surface area (Å²) < 4.78 is 14.8. The predicted molar refractivity (Wildman–Crippen MR) is 77.2 cm³/mol. The molecule has 4 rings (SSSR count). The highest BCUT2D eigenvalue weighted by Crippen LogP contribution is 2.30. The number of rotatable bonds is 2. The average Bonchev–Trinajstić information content (AvgIpc) is 3.06. The fourth-order valence-corrected chi connectivity index (χ4v) is 2.78. The van der Waals surface area contributed by atoms with Crippen molar-refractivity contribution in [1.29, 1.82) is 0 Å². The molecule has 2 heterocycles. The summed E-state index contributed by atoms with van der Waals surface area (Å²) >= 11 is 0. The summed E-state index contributed by atoms with van der Waals surface area (Å²) in [6.45, 7) is 1.85. The van der Waals surface area contributed by atoms with Gasteiger partial charge in [-0.2, -0.15) is 9.50 Å². The number of aryl methyl sites for hydroxylation is 2. The van der Waals surface area contributed by atoms with Crippen LogP contribution in [-0.2, 0) is 12.8 Å². The van der Waals surface area contributed by atoms with Gasteiger partial charge in [-0.1, -0.05) is 0 Å². The van der Waals surface area contributed by atoms with Crippen LogP contribution in [-0.4, -0.2) is 19.6 Å². The summed E-state index contributed by atoms with van der Waals surface area (Å²) in [5.74, 6) is 1.94. The molecule has 0 saturated heterocycles. The zero-order chi connectivity index (χ0) is 14.4. The number of halogens is 1. The highest BCUT2D eigenvalue weighted by molar-refractivity contribution is 5.63. The highest BCUT2D eigenvalue weighted by atomic mass is 19.1. The zero-order valence-electron chi connectivity index (χ0n) is 11.6. The maximum absolute atomic E-state index is 13.0. The molecule has 0 radical (unpaired) electrons. The first-order valence-electron chi connectivity index (χ1n) is 6.98. The quantitative estimate of drug-likeness (QED) is 0.785. The minimum absolute atomic E-state index is 0.248. The summed E-state index contributed by atoms with van der Waals surface area (Å²) in [7, 11) is 0. The summed E-state index contributed by atoms with van der Waals surface area (Å²) in [5.41, 5.74) is 3.09. The number of fused-ring (bicyclic) bond motifs is 2. The Bertz CT molecular complexity index is 822. The minimum Gasteiger partial charge on any atom is -0.340 e. The molecule has 1 N–H and O–H groups in total. The van der Waals surface area contributed by atoms with Gasteiger partial charge in [0, 0.05) is 11.3 Å². The molecule has 0 fully saturated rings. The predicted octanol–water partition coefficient (Wildman–Crippen LogP) is 2.80. The van der Waals surface area contributed by atoms with Gasteiger partial charge in [0.2, 0.25) is 0 Å². The second kappa shape index (κ2) is 4.51. The van der Waals surface area contributed by atoms with E-state index in [2.05, 4.69) is 20.4 Å². The fourth-order valence-electron chi connectivity index (χ4n) is 2.78. The molecular formula is C15H14FN5. The molecule has 0 amide bonds. The molecule has 0 unspecified atom stereocenters. The van der Waals surface area contributed by atoms with Crippen LogP contribution in [0.25, 0.3) is 5.78 Å². The van der Waals surface area contributed by atoms with Crippen LogP contribution in [0.5, 0.6) is 0 Å². The van der Waals surface area contributed by atoms with Gasteiger partial charge in [-0.05, 0) is 50.5 Å². The molecule has 1 aliphatic carbocycles. The van der Waals surface area contributed by atoms with Crippen molar-refractivity contribution in [1.82, 2.24) is 19.6 Å². The van der Waals surface area contributed by atoms with Crippen molar-refractivity contribution in [2.24, 2.45) is 0 Å². The smallest absolute Gasteiger partial charge is 0.254 e. The van der Waals surface area contributed by atoms with E-state index in [-0.39, 0.29) is 5.82 Å². The van der Waals surface area contributed by atoms with Crippen LogP contribution in [0.1, 0.15) is 23.5 Å². The maximum atomic E-state index is 13.0. The SMILES string of the molecule is Cc1nc2nc3c(c(Nc4ccc(F)cc4)n2n1)CCC3. The van der Waals surface area contributed by atoms with E-state index in [9.17, 15) is 4.39 Å². The van der Waals surface area contributed by atoms with Gasteiger partial charge in [0.05, 0.1) is 5.69 Å². The van der Waals surface area contributed by atoms with E-state index in [0.717, 1.165) is 36.5 Å². The molecule has 0 spiro atoms. The molecule has 0 bridgehead atoms. The number of hydrogen-bond acceptors (Lipinski definition) is 4. The Kier molecular flexibility index (Phi) is 2.63. The molecule has 0 atom stereocenters. The first kappa shape index (κ1) is 12.3. The Morgan fingerprint density at radius 1 is 1.14 bits per heavy atom. The van der Waals surface area contributed by atoms with Gasteiger partial charge in [0.15, 0.2) is 0 Å². The van der Waals surface area contributed by atoms with Gasteiger partial charge in [0.1, 0.15) is 17.5 Å². The first-order chi connectivity index (χ1) is 10.2. The zero-order valence-corrected chi connectivity index (χ0v) is 11.6. The van der Waals surface area contributed by atoms with Crippen LogP contribution in [0.2, 0.25) is 0 Å². The average molecular weight is 283 g/mol. The normalized spacial score (nSPS) is 13.6. The number of nitrogens with zero attached hydrogens (tertiary/aromatic N) is 4.